The van der Waals surface area contributed by atoms with Crippen molar-refractivity contribution in [1.29, 1.82) is 0 Å². The van der Waals surface area contributed by atoms with Gasteiger partial charge in [-0.15, -0.1) is 0 Å². The quantitative estimate of drug-likeness (QED) is 0.940. The third-order valence-electron chi connectivity index (χ3n) is 4.09. The Labute approximate surface area is 129 Å². The third kappa shape index (κ3) is 2.58. The highest BCUT2D eigenvalue weighted by molar-refractivity contribution is 7.07. The molecule has 2 aromatic heterocycles. The Hall–Kier alpha value is -1.75. The van der Waals surface area contributed by atoms with Crippen molar-refractivity contribution in [2.45, 2.75) is 38.8 Å². The predicted molar refractivity (Wildman–Crippen MR) is 86.6 cm³/mol. The van der Waals surface area contributed by atoms with Gasteiger partial charge in [0.15, 0.2) is 0 Å². The molecular formula is C16H21N3OS. The number of nitrogens with two attached hydrogens (primary N) is 1. The minimum atomic E-state index is 0.0918. The standard InChI is InChI=1S/C16H21N3OS/c1-11(2)19-9-13(17)8-15(19)16(20)18-6-3-4-14(18)12-5-7-21-10-12/h5,7-11,14H,3-4,6,17H2,1-2H3. The Morgan fingerprint density at radius 1 is 1.48 bits per heavy atom. The first-order valence-corrected chi connectivity index (χ1v) is 8.32. The lowest BCUT2D eigenvalue weighted by Gasteiger charge is -2.25. The number of amides is 1. The van der Waals surface area contributed by atoms with E-state index in [2.05, 4.69) is 30.7 Å². The smallest absolute Gasteiger partial charge is 0.271 e. The van der Waals surface area contributed by atoms with Gasteiger partial charge in [-0.1, -0.05) is 0 Å². The van der Waals surface area contributed by atoms with Gasteiger partial charge in [-0.25, -0.2) is 0 Å². The van der Waals surface area contributed by atoms with Crippen molar-refractivity contribution in [3.63, 3.8) is 0 Å². The van der Waals surface area contributed by atoms with E-state index in [1.54, 1.807) is 17.4 Å². The van der Waals surface area contributed by atoms with Crippen molar-refractivity contribution in [2.75, 3.05) is 12.3 Å². The van der Waals surface area contributed by atoms with Gasteiger partial charge in [0, 0.05) is 18.8 Å². The molecule has 0 aromatic carbocycles. The summed E-state index contributed by atoms with van der Waals surface area (Å²) < 4.78 is 1.97. The van der Waals surface area contributed by atoms with Crippen molar-refractivity contribution in [3.05, 3.63) is 40.3 Å². The minimum Gasteiger partial charge on any atom is -0.397 e. The molecule has 1 fully saturated rings. The zero-order valence-electron chi connectivity index (χ0n) is 12.5. The van der Waals surface area contributed by atoms with Crippen LogP contribution in [0.3, 0.4) is 0 Å². The Morgan fingerprint density at radius 3 is 2.95 bits per heavy atom. The van der Waals surface area contributed by atoms with Crippen LogP contribution in [0.5, 0.6) is 0 Å². The fraction of sp³-hybridized carbons (Fsp3) is 0.438. The largest absolute Gasteiger partial charge is 0.397 e. The molecule has 0 bridgehead atoms. The maximum atomic E-state index is 12.9. The molecule has 21 heavy (non-hydrogen) atoms. The van der Waals surface area contributed by atoms with E-state index in [-0.39, 0.29) is 18.0 Å². The Kier molecular flexibility index (Phi) is 3.76. The summed E-state index contributed by atoms with van der Waals surface area (Å²) in [5.41, 5.74) is 8.49. The summed E-state index contributed by atoms with van der Waals surface area (Å²) in [5.74, 6) is 0.0918. The number of aromatic nitrogens is 1. The summed E-state index contributed by atoms with van der Waals surface area (Å²) in [6, 6.07) is 4.35. The van der Waals surface area contributed by atoms with Crippen LogP contribution >= 0.6 is 11.3 Å². The van der Waals surface area contributed by atoms with Crippen molar-refractivity contribution >= 4 is 22.9 Å². The molecule has 1 atom stereocenters. The number of nitrogens with zero attached hydrogens (tertiary/aromatic N) is 2. The average Bonchev–Trinajstić information content (AvgIpc) is 3.17. The van der Waals surface area contributed by atoms with Gasteiger partial charge >= 0.3 is 0 Å². The SMILES string of the molecule is CC(C)n1cc(N)cc1C(=O)N1CCCC1c1ccsc1. The summed E-state index contributed by atoms with van der Waals surface area (Å²) in [7, 11) is 0. The first kappa shape index (κ1) is 14.2. The van der Waals surface area contributed by atoms with Crippen molar-refractivity contribution in [1.82, 2.24) is 9.47 Å². The third-order valence-corrected chi connectivity index (χ3v) is 4.79. The van der Waals surface area contributed by atoms with Gasteiger partial charge in [-0.05, 0) is 55.1 Å². The summed E-state index contributed by atoms with van der Waals surface area (Å²) in [6.45, 7) is 4.95. The summed E-state index contributed by atoms with van der Waals surface area (Å²) >= 11 is 1.68. The highest BCUT2D eigenvalue weighted by atomic mass is 32.1. The fourth-order valence-electron chi connectivity index (χ4n) is 3.07. The van der Waals surface area contributed by atoms with Gasteiger partial charge in [0.25, 0.3) is 5.91 Å². The first-order valence-electron chi connectivity index (χ1n) is 7.38. The van der Waals surface area contributed by atoms with Crippen LogP contribution in [0.25, 0.3) is 0 Å². The number of hydrogen-bond acceptors (Lipinski definition) is 3. The van der Waals surface area contributed by atoms with Crippen LogP contribution in [0.1, 0.15) is 54.8 Å². The molecule has 0 saturated carbocycles. The van der Waals surface area contributed by atoms with Crippen molar-refractivity contribution in [2.24, 2.45) is 0 Å². The molecule has 0 spiro atoms. The van der Waals surface area contributed by atoms with E-state index in [1.165, 1.54) is 5.56 Å². The molecule has 1 aliphatic rings. The molecule has 1 amide bonds. The second-order valence-corrected chi connectivity index (χ2v) is 6.65. The van der Waals surface area contributed by atoms with Gasteiger partial charge in [0.05, 0.1) is 11.7 Å². The number of likely N-dealkylation sites (tertiary alicyclic amines) is 1. The highest BCUT2D eigenvalue weighted by Crippen LogP contribution is 2.34. The van der Waals surface area contributed by atoms with Crippen LogP contribution in [0.4, 0.5) is 5.69 Å². The van der Waals surface area contributed by atoms with E-state index >= 15 is 0 Å². The second kappa shape index (κ2) is 5.56. The topological polar surface area (TPSA) is 51.3 Å². The molecule has 1 unspecified atom stereocenters. The molecule has 1 aliphatic heterocycles. The maximum absolute atomic E-state index is 12.9. The Bertz CT molecular complexity index is 630. The predicted octanol–water partition coefficient (Wildman–Crippen LogP) is 3.69. The number of anilines is 1. The number of nitrogen functional groups attached to an aromatic ring is 1. The fourth-order valence-corrected chi connectivity index (χ4v) is 3.77. The van der Waals surface area contributed by atoms with Crippen LogP contribution in [-0.2, 0) is 0 Å². The number of carbonyl (C=O) groups is 1. The molecule has 2 aromatic rings. The summed E-state index contributed by atoms with van der Waals surface area (Å²) in [4.78, 5) is 14.9. The molecule has 112 valence electrons. The highest BCUT2D eigenvalue weighted by Gasteiger charge is 2.32. The van der Waals surface area contributed by atoms with E-state index in [1.807, 2.05) is 15.7 Å². The second-order valence-electron chi connectivity index (χ2n) is 5.87. The average molecular weight is 303 g/mol. The van der Waals surface area contributed by atoms with Gasteiger partial charge in [0.1, 0.15) is 5.69 Å². The first-order chi connectivity index (χ1) is 10.1. The Morgan fingerprint density at radius 2 is 2.29 bits per heavy atom. The lowest BCUT2D eigenvalue weighted by atomic mass is 10.1. The Balaban J connectivity index is 1.91. The van der Waals surface area contributed by atoms with Crippen LogP contribution in [-0.4, -0.2) is 21.9 Å². The number of rotatable bonds is 3. The van der Waals surface area contributed by atoms with E-state index in [0.29, 0.717) is 11.4 Å². The maximum Gasteiger partial charge on any atom is 0.271 e. The molecule has 4 nitrogen and oxygen atoms in total. The van der Waals surface area contributed by atoms with Gasteiger partial charge in [-0.3, -0.25) is 4.79 Å². The van der Waals surface area contributed by atoms with Crippen molar-refractivity contribution < 1.29 is 4.79 Å². The molecule has 2 N–H and O–H groups in total. The molecule has 3 heterocycles. The van der Waals surface area contributed by atoms with E-state index in [0.717, 1.165) is 19.4 Å². The lowest BCUT2D eigenvalue weighted by molar-refractivity contribution is 0.0723. The van der Waals surface area contributed by atoms with Gasteiger partial charge < -0.3 is 15.2 Å². The van der Waals surface area contributed by atoms with E-state index in [9.17, 15) is 4.79 Å². The molecular weight excluding hydrogens is 282 g/mol. The van der Waals surface area contributed by atoms with E-state index in [4.69, 9.17) is 5.73 Å². The number of thiophene rings is 1. The minimum absolute atomic E-state index is 0.0918. The molecule has 0 radical (unpaired) electrons. The van der Waals surface area contributed by atoms with Crippen LogP contribution < -0.4 is 5.73 Å². The van der Waals surface area contributed by atoms with Gasteiger partial charge in [0.2, 0.25) is 0 Å². The van der Waals surface area contributed by atoms with E-state index < -0.39 is 0 Å². The zero-order valence-corrected chi connectivity index (χ0v) is 13.3. The van der Waals surface area contributed by atoms with Gasteiger partial charge in [-0.2, -0.15) is 11.3 Å². The molecule has 1 saturated heterocycles. The molecule has 3 rings (SSSR count). The zero-order chi connectivity index (χ0) is 15.0. The number of carbonyl (C=O) groups excluding carboxylic acids is 1. The molecule has 5 heteroatoms. The normalized spacial score (nSPS) is 18.6. The summed E-state index contributed by atoms with van der Waals surface area (Å²) in [6.07, 6.45) is 3.96. The lowest BCUT2D eigenvalue weighted by Crippen LogP contribution is -2.32. The molecule has 0 aliphatic carbocycles. The van der Waals surface area contributed by atoms with Crippen molar-refractivity contribution in [3.8, 4) is 0 Å². The summed E-state index contributed by atoms with van der Waals surface area (Å²) in [5, 5.41) is 4.22. The van der Waals surface area contributed by atoms with Crippen LogP contribution in [0.2, 0.25) is 0 Å². The monoisotopic (exact) mass is 303 g/mol. The van der Waals surface area contributed by atoms with Crippen LogP contribution in [0.15, 0.2) is 29.1 Å². The van der Waals surface area contributed by atoms with Crippen LogP contribution in [0, 0.1) is 0 Å². The number of hydrogen-bond donors (Lipinski definition) is 1.